The summed E-state index contributed by atoms with van der Waals surface area (Å²) in [5.41, 5.74) is 7.70. The van der Waals surface area contributed by atoms with E-state index in [1.54, 1.807) is 24.1 Å². The van der Waals surface area contributed by atoms with Gasteiger partial charge in [-0.15, -0.1) is 0 Å². The lowest BCUT2D eigenvalue weighted by Crippen LogP contribution is -2.27. The third-order valence-corrected chi connectivity index (χ3v) is 2.94. The fraction of sp³-hybridized carbons (Fsp3) is 0.286. The Labute approximate surface area is 112 Å². The van der Waals surface area contributed by atoms with Gasteiger partial charge >= 0.3 is 0 Å². The Morgan fingerprint density at radius 2 is 2.16 bits per heavy atom. The number of hydrogen-bond donors (Lipinski definition) is 2. The summed E-state index contributed by atoms with van der Waals surface area (Å²) in [5, 5.41) is 6.80. The number of benzene rings is 1. The Morgan fingerprint density at radius 3 is 2.79 bits per heavy atom. The molecule has 0 saturated carbocycles. The third kappa shape index (κ3) is 3.66. The third-order valence-electron chi connectivity index (χ3n) is 2.94. The second-order valence-corrected chi connectivity index (χ2v) is 4.46. The Kier molecular flexibility index (Phi) is 4.30. The second-order valence-electron chi connectivity index (χ2n) is 4.46. The maximum absolute atomic E-state index is 11.8. The molecule has 1 heterocycles. The highest BCUT2D eigenvalue weighted by Crippen LogP contribution is 2.12. The highest BCUT2D eigenvalue weighted by atomic mass is 16.1. The van der Waals surface area contributed by atoms with E-state index in [-0.39, 0.29) is 11.9 Å². The van der Waals surface area contributed by atoms with E-state index in [1.165, 1.54) is 0 Å². The molecule has 0 aliphatic heterocycles. The van der Waals surface area contributed by atoms with Gasteiger partial charge in [0.05, 0.1) is 11.8 Å². The van der Waals surface area contributed by atoms with Gasteiger partial charge in [0.15, 0.2) is 0 Å². The molecule has 19 heavy (non-hydrogen) atoms. The van der Waals surface area contributed by atoms with Crippen molar-refractivity contribution >= 4 is 5.91 Å². The molecule has 2 aromatic rings. The lowest BCUT2D eigenvalue weighted by Gasteiger charge is -2.12. The zero-order valence-corrected chi connectivity index (χ0v) is 10.9. The Hall–Kier alpha value is -2.14. The highest BCUT2D eigenvalue weighted by Gasteiger charge is 2.09. The smallest absolute Gasteiger partial charge is 0.254 e. The minimum atomic E-state index is -0.117. The molecule has 1 amide bonds. The number of aromatic nitrogens is 2. The van der Waals surface area contributed by atoms with Crippen molar-refractivity contribution in [3.63, 3.8) is 0 Å². The maximum Gasteiger partial charge on any atom is 0.254 e. The van der Waals surface area contributed by atoms with E-state index in [1.807, 2.05) is 30.3 Å². The zero-order valence-electron chi connectivity index (χ0n) is 10.9. The monoisotopic (exact) mass is 258 g/mol. The van der Waals surface area contributed by atoms with Crippen LogP contribution in [0.2, 0.25) is 0 Å². The molecule has 1 aromatic carbocycles. The van der Waals surface area contributed by atoms with Crippen LogP contribution in [0, 0.1) is 0 Å². The quantitative estimate of drug-likeness (QED) is 0.847. The summed E-state index contributed by atoms with van der Waals surface area (Å²) >= 11 is 0. The number of amides is 1. The molecule has 2 rings (SSSR count). The lowest BCUT2D eigenvalue weighted by atomic mass is 10.1. The average molecular weight is 258 g/mol. The molecular formula is C14H18N4O. The molecule has 0 bridgehead atoms. The number of nitrogens with two attached hydrogens (primary N) is 1. The van der Waals surface area contributed by atoms with Gasteiger partial charge in [-0.1, -0.05) is 30.3 Å². The van der Waals surface area contributed by atoms with E-state index in [0.29, 0.717) is 18.5 Å². The summed E-state index contributed by atoms with van der Waals surface area (Å²) in [6.07, 6.45) is 3.94. The van der Waals surface area contributed by atoms with Crippen LogP contribution in [0.4, 0.5) is 0 Å². The van der Waals surface area contributed by atoms with E-state index in [4.69, 9.17) is 5.73 Å². The maximum atomic E-state index is 11.8. The number of nitrogens with zero attached hydrogens (tertiary/aromatic N) is 2. The first kappa shape index (κ1) is 13.3. The standard InChI is InChI=1S/C14H18N4O/c1-18-10-12(9-17-18)14(19)16-8-7-13(15)11-5-3-2-4-6-11/h2-6,9-10,13H,7-8,15H2,1H3,(H,16,19). The van der Waals surface area contributed by atoms with E-state index < -0.39 is 0 Å². The van der Waals surface area contributed by atoms with Gasteiger partial charge in [-0.25, -0.2) is 0 Å². The second kappa shape index (κ2) is 6.15. The van der Waals surface area contributed by atoms with Crippen LogP contribution < -0.4 is 11.1 Å². The van der Waals surface area contributed by atoms with Crippen LogP contribution in [-0.2, 0) is 7.05 Å². The number of nitrogens with one attached hydrogen (secondary N) is 1. The summed E-state index contributed by atoms with van der Waals surface area (Å²) in [4.78, 5) is 11.8. The molecule has 5 heteroatoms. The van der Waals surface area contributed by atoms with Crippen molar-refractivity contribution < 1.29 is 4.79 Å². The van der Waals surface area contributed by atoms with Crippen molar-refractivity contribution in [3.8, 4) is 0 Å². The van der Waals surface area contributed by atoms with Crippen LogP contribution in [0.25, 0.3) is 0 Å². The van der Waals surface area contributed by atoms with Gasteiger partial charge in [-0.3, -0.25) is 9.48 Å². The van der Waals surface area contributed by atoms with Crippen molar-refractivity contribution in [2.24, 2.45) is 12.8 Å². The van der Waals surface area contributed by atoms with Gasteiger partial charge in [0.1, 0.15) is 0 Å². The number of aryl methyl sites for hydroxylation is 1. The first-order valence-electron chi connectivity index (χ1n) is 6.24. The van der Waals surface area contributed by atoms with Crippen LogP contribution in [0.3, 0.4) is 0 Å². The summed E-state index contributed by atoms with van der Waals surface area (Å²) < 4.78 is 1.60. The zero-order chi connectivity index (χ0) is 13.7. The van der Waals surface area contributed by atoms with E-state index in [9.17, 15) is 4.79 Å². The van der Waals surface area contributed by atoms with Gasteiger partial charge in [0.25, 0.3) is 5.91 Å². The summed E-state index contributed by atoms with van der Waals surface area (Å²) in [7, 11) is 1.78. The van der Waals surface area contributed by atoms with Crippen LogP contribution in [0.5, 0.6) is 0 Å². The Morgan fingerprint density at radius 1 is 1.42 bits per heavy atom. The molecule has 1 aromatic heterocycles. The van der Waals surface area contributed by atoms with Crippen LogP contribution in [0.1, 0.15) is 28.4 Å². The molecule has 0 saturated heterocycles. The number of hydrogen-bond acceptors (Lipinski definition) is 3. The molecule has 1 unspecified atom stereocenters. The Bertz CT molecular complexity index is 535. The predicted molar refractivity (Wildman–Crippen MR) is 73.5 cm³/mol. The molecule has 3 N–H and O–H groups in total. The van der Waals surface area contributed by atoms with Crippen LogP contribution >= 0.6 is 0 Å². The largest absolute Gasteiger partial charge is 0.352 e. The molecule has 0 fully saturated rings. The molecule has 1 atom stereocenters. The molecule has 0 spiro atoms. The minimum Gasteiger partial charge on any atom is -0.352 e. The van der Waals surface area contributed by atoms with Gasteiger partial charge < -0.3 is 11.1 Å². The number of rotatable bonds is 5. The van der Waals surface area contributed by atoms with E-state index in [2.05, 4.69) is 10.4 Å². The lowest BCUT2D eigenvalue weighted by molar-refractivity contribution is 0.0952. The Balaban J connectivity index is 1.79. The highest BCUT2D eigenvalue weighted by molar-refractivity contribution is 5.93. The molecular weight excluding hydrogens is 240 g/mol. The van der Waals surface area contributed by atoms with Crippen molar-refractivity contribution in [2.75, 3.05) is 6.54 Å². The minimum absolute atomic E-state index is 0.0598. The molecule has 0 aliphatic rings. The van der Waals surface area contributed by atoms with E-state index >= 15 is 0 Å². The van der Waals surface area contributed by atoms with Crippen molar-refractivity contribution in [3.05, 3.63) is 53.9 Å². The fourth-order valence-corrected chi connectivity index (χ4v) is 1.85. The molecule has 100 valence electrons. The first-order valence-corrected chi connectivity index (χ1v) is 6.24. The average Bonchev–Trinajstić information content (AvgIpc) is 2.86. The summed E-state index contributed by atoms with van der Waals surface area (Å²) in [6.45, 7) is 0.545. The van der Waals surface area contributed by atoms with Crippen molar-refractivity contribution in [2.45, 2.75) is 12.5 Å². The number of carbonyl (C=O) groups excluding carboxylic acids is 1. The van der Waals surface area contributed by atoms with Gasteiger partial charge in [-0.05, 0) is 12.0 Å². The van der Waals surface area contributed by atoms with Crippen LogP contribution in [-0.4, -0.2) is 22.2 Å². The van der Waals surface area contributed by atoms with Gasteiger partial charge in [-0.2, -0.15) is 5.10 Å². The summed E-state index contributed by atoms with van der Waals surface area (Å²) in [5.74, 6) is -0.117. The SMILES string of the molecule is Cn1cc(C(=O)NCCC(N)c2ccccc2)cn1. The molecule has 0 aliphatic carbocycles. The molecule has 0 radical (unpaired) electrons. The topological polar surface area (TPSA) is 72.9 Å². The normalized spacial score (nSPS) is 12.1. The van der Waals surface area contributed by atoms with Gasteiger partial charge in [0, 0.05) is 25.8 Å². The molecule has 5 nitrogen and oxygen atoms in total. The first-order chi connectivity index (χ1) is 9.16. The van der Waals surface area contributed by atoms with Gasteiger partial charge in [0.2, 0.25) is 0 Å². The van der Waals surface area contributed by atoms with Crippen molar-refractivity contribution in [1.29, 1.82) is 0 Å². The fourth-order valence-electron chi connectivity index (χ4n) is 1.85. The van der Waals surface area contributed by atoms with Crippen molar-refractivity contribution in [1.82, 2.24) is 15.1 Å². The van der Waals surface area contributed by atoms with E-state index in [0.717, 1.165) is 5.56 Å². The summed E-state index contributed by atoms with van der Waals surface area (Å²) in [6, 6.07) is 9.81. The van der Waals surface area contributed by atoms with Crippen LogP contribution in [0.15, 0.2) is 42.7 Å². The predicted octanol–water partition coefficient (Wildman–Crippen LogP) is 1.24. The number of carbonyl (C=O) groups is 1.